The summed E-state index contributed by atoms with van der Waals surface area (Å²) in [5, 5.41) is 0. The van der Waals surface area contributed by atoms with Crippen molar-refractivity contribution in [3.05, 3.63) is 30.6 Å². The molecule has 0 radical (unpaired) electrons. The van der Waals surface area contributed by atoms with Gasteiger partial charge in [0.15, 0.2) is 0 Å². The van der Waals surface area contributed by atoms with E-state index in [-0.39, 0.29) is 24.0 Å². The molecule has 0 aliphatic heterocycles. The van der Waals surface area contributed by atoms with Crippen LogP contribution in [-0.4, -0.2) is 17.1 Å². The van der Waals surface area contributed by atoms with Gasteiger partial charge in [0.05, 0.1) is 0 Å². The van der Waals surface area contributed by atoms with Crippen LogP contribution in [0.3, 0.4) is 0 Å². The molecule has 1 rings (SSSR count). The number of aromatic nitrogens is 1. The van der Waals surface area contributed by atoms with Gasteiger partial charge in [-0.15, -0.1) is 0 Å². The van der Waals surface area contributed by atoms with E-state index in [2.05, 4.69) is 3.48 Å². The predicted molar refractivity (Wildman–Crippen MR) is 30.6 cm³/mol. The maximum absolute atomic E-state index is 2.06. The Bertz CT molecular complexity index is 142. The molecule has 44 valence electrons. The first-order valence-corrected chi connectivity index (χ1v) is 3.19. The van der Waals surface area contributed by atoms with Crippen LogP contribution >= 0.6 is 0 Å². The third-order valence-electron chi connectivity index (χ3n) is 0.739. The summed E-state index contributed by atoms with van der Waals surface area (Å²) < 4.78 is 2.06. The largest absolute Gasteiger partial charge is 1.00 e. The van der Waals surface area contributed by atoms with Crippen molar-refractivity contribution in [1.82, 2.24) is 0 Å². The van der Waals surface area contributed by atoms with Gasteiger partial charge >= 0.3 is 51.2 Å². The molecule has 1 heterocycles. The van der Waals surface area contributed by atoms with E-state index in [0.29, 0.717) is 0 Å². The Morgan fingerprint density at radius 1 is 1.00 bits per heavy atom. The second kappa shape index (κ2) is 4.33. The summed E-state index contributed by atoms with van der Waals surface area (Å²) in [5.74, 6) is 0. The fourth-order valence-electron chi connectivity index (χ4n) is 0.412. The van der Waals surface area contributed by atoms with Crippen LogP contribution in [0.2, 0.25) is 0 Å². The van der Waals surface area contributed by atoms with Gasteiger partial charge in [-0.2, -0.15) is 0 Å². The van der Waals surface area contributed by atoms with Gasteiger partial charge in [-0.05, 0) is 0 Å². The average molecular weight is 283 g/mol. The van der Waals surface area contributed by atoms with Gasteiger partial charge in [-0.1, -0.05) is 0 Å². The van der Waals surface area contributed by atoms with Gasteiger partial charge in [0.1, 0.15) is 0 Å². The zero-order chi connectivity index (χ0) is 5.11. The molecule has 0 fully saturated rings. The van der Waals surface area contributed by atoms with Gasteiger partial charge in [-0.3, -0.25) is 0 Å². The molecular formula is C5H7AsIN. The number of halogens is 1. The Hall–Kier alpha value is 0.438. The van der Waals surface area contributed by atoms with Crippen molar-refractivity contribution in [2.75, 3.05) is 0 Å². The van der Waals surface area contributed by atoms with Crippen molar-refractivity contribution >= 4 is 17.1 Å². The topological polar surface area (TPSA) is 3.88 Å². The van der Waals surface area contributed by atoms with Gasteiger partial charge in [-0.25, -0.2) is 0 Å². The standard InChI is InChI=1S/C5H7AsN.HI/c6-7-4-2-1-3-5-7;/h1-5H,6H2;1H/q+1;/p-1. The Kier molecular flexibility index (Phi) is 4.57. The van der Waals surface area contributed by atoms with Crippen LogP contribution in [0.5, 0.6) is 0 Å². The van der Waals surface area contributed by atoms with Crippen molar-refractivity contribution in [2.24, 2.45) is 0 Å². The van der Waals surface area contributed by atoms with E-state index >= 15 is 0 Å². The van der Waals surface area contributed by atoms with Crippen LogP contribution in [0.1, 0.15) is 0 Å². The summed E-state index contributed by atoms with van der Waals surface area (Å²) >= 11 is 1.59. The molecule has 0 saturated carbocycles. The molecule has 1 unspecified atom stereocenters. The Morgan fingerprint density at radius 3 is 1.75 bits per heavy atom. The first kappa shape index (κ1) is 8.44. The summed E-state index contributed by atoms with van der Waals surface area (Å²) in [7, 11) is 0. The minimum absolute atomic E-state index is 0. The molecule has 0 spiro atoms. The zero-order valence-electron chi connectivity index (χ0n) is 4.29. The molecule has 1 aromatic rings. The maximum atomic E-state index is 2.06. The quantitative estimate of drug-likeness (QED) is 0.342. The van der Waals surface area contributed by atoms with Crippen molar-refractivity contribution in [2.45, 2.75) is 0 Å². The fraction of sp³-hybridized carbons (Fsp3) is 0. The number of hydrogen-bond donors (Lipinski definition) is 0. The molecule has 0 amide bonds. The monoisotopic (exact) mass is 283 g/mol. The van der Waals surface area contributed by atoms with E-state index in [1.165, 1.54) is 0 Å². The number of hydrogen-bond acceptors (Lipinski definition) is 0. The van der Waals surface area contributed by atoms with E-state index in [9.17, 15) is 0 Å². The van der Waals surface area contributed by atoms with E-state index in [1.807, 2.05) is 30.6 Å². The van der Waals surface area contributed by atoms with E-state index in [4.69, 9.17) is 0 Å². The van der Waals surface area contributed by atoms with Crippen LogP contribution in [0.4, 0.5) is 0 Å². The molecule has 1 nitrogen and oxygen atoms in total. The minimum Gasteiger partial charge on any atom is -1.00 e. The Balaban J connectivity index is 0.000000490. The first-order chi connectivity index (χ1) is 3.39. The number of nitrogens with zero attached hydrogens (tertiary/aromatic N) is 1. The number of pyridine rings is 1. The third-order valence-corrected chi connectivity index (χ3v) is 1.46. The second-order valence-electron chi connectivity index (χ2n) is 1.32. The molecule has 0 aliphatic carbocycles. The molecule has 3 heteroatoms. The summed E-state index contributed by atoms with van der Waals surface area (Å²) in [5.41, 5.74) is 0. The van der Waals surface area contributed by atoms with Gasteiger partial charge in [0.2, 0.25) is 0 Å². The average Bonchev–Trinajstić information content (AvgIpc) is 1.69. The molecule has 0 aromatic carbocycles. The van der Waals surface area contributed by atoms with E-state index in [1.54, 1.807) is 17.1 Å². The SMILES string of the molecule is [AsH2][n+]1ccccc1.[I-]. The predicted octanol–water partition coefficient (Wildman–Crippen LogP) is -3.63. The third kappa shape index (κ3) is 2.67. The van der Waals surface area contributed by atoms with E-state index in [0.717, 1.165) is 0 Å². The molecule has 0 aliphatic rings. The van der Waals surface area contributed by atoms with Crippen LogP contribution < -0.4 is 27.5 Å². The molecule has 0 bridgehead atoms. The summed E-state index contributed by atoms with van der Waals surface area (Å²) in [6.07, 6.45) is 4.06. The minimum atomic E-state index is 0. The smallest absolute Gasteiger partial charge is 1.00 e. The van der Waals surface area contributed by atoms with Crippen molar-refractivity contribution < 1.29 is 27.5 Å². The van der Waals surface area contributed by atoms with Crippen LogP contribution in [0.15, 0.2) is 30.6 Å². The Morgan fingerprint density at radius 2 is 1.50 bits per heavy atom. The maximum Gasteiger partial charge on any atom is -1.00 e. The molecule has 1 aromatic heterocycles. The van der Waals surface area contributed by atoms with Crippen molar-refractivity contribution in [3.63, 3.8) is 0 Å². The zero-order valence-corrected chi connectivity index (χ0v) is 8.87. The van der Waals surface area contributed by atoms with Gasteiger partial charge in [0.25, 0.3) is 0 Å². The van der Waals surface area contributed by atoms with Crippen LogP contribution in [0.25, 0.3) is 0 Å². The second-order valence-corrected chi connectivity index (χ2v) is 2.57. The summed E-state index contributed by atoms with van der Waals surface area (Å²) in [6.45, 7) is 0. The summed E-state index contributed by atoms with van der Waals surface area (Å²) in [6, 6.07) is 6.04. The molecule has 8 heavy (non-hydrogen) atoms. The van der Waals surface area contributed by atoms with Crippen LogP contribution in [-0.2, 0) is 0 Å². The number of rotatable bonds is 0. The van der Waals surface area contributed by atoms with Gasteiger partial charge in [0, 0.05) is 0 Å². The summed E-state index contributed by atoms with van der Waals surface area (Å²) in [4.78, 5) is 0. The van der Waals surface area contributed by atoms with Crippen molar-refractivity contribution in [1.29, 1.82) is 0 Å². The van der Waals surface area contributed by atoms with Crippen molar-refractivity contribution in [3.8, 4) is 0 Å². The normalized spacial score (nSPS) is 7.62. The fourth-order valence-corrected chi connectivity index (χ4v) is 0.829. The van der Waals surface area contributed by atoms with Crippen LogP contribution in [0, 0.1) is 0 Å². The molecular weight excluding hydrogens is 276 g/mol. The first-order valence-electron chi connectivity index (χ1n) is 2.11. The van der Waals surface area contributed by atoms with Gasteiger partial charge < -0.3 is 24.0 Å². The molecule has 0 N–H and O–H groups in total. The van der Waals surface area contributed by atoms with E-state index < -0.39 is 0 Å². The molecule has 1 atom stereocenters. The molecule has 0 saturated heterocycles. The Labute approximate surface area is 74.9 Å².